The number of hydrogen-bond acceptors (Lipinski definition) is 6. The fourth-order valence-corrected chi connectivity index (χ4v) is 4.78. The van der Waals surface area contributed by atoms with Gasteiger partial charge in [-0.1, -0.05) is 23.7 Å². The molecule has 1 atom stereocenters. The fourth-order valence-electron chi connectivity index (χ4n) is 3.76. The Morgan fingerprint density at radius 2 is 2.13 bits per heavy atom. The highest BCUT2D eigenvalue weighted by atomic mass is 35.5. The van der Waals surface area contributed by atoms with Gasteiger partial charge in [0.15, 0.2) is 0 Å². The average Bonchev–Trinajstić information content (AvgIpc) is 3.43. The van der Waals surface area contributed by atoms with Crippen LogP contribution in [0.4, 0.5) is 5.69 Å². The third kappa shape index (κ3) is 5.30. The third-order valence-corrected chi connectivity index (χ3v) is 6.70. The Bertz CT molecular complexity index is 1070. The van der Waals surface area contributed by atoms with Gasteiger partial charge in [-0.15, -0.1) is 11.3 Å². The first kappa shape index (κ1) is 21.5. The van der Waals surface area contributed by atoms with Crippen molar-refractivity contribution in [3.05, 3.63) is 79.2 Å². The number of nitrogens with one attached hydrogen (secondary N) is 1. The van der Waals surface area contributed by atoms with Crippen LogP contribution >= 0.6 is 22.9 Å². The van der Waals surface area contributed by atoms with Crippen LogP contribution in [-0.4, -0.2) is 38.6 Å². The molecular weight excluding hydrogens is 438 g/mol. The molecule has 0 fully saturated rings. The van der Waals surface area contributed by atoms with E-state index in [1.54, 1.807) is 11.3 Å². The molecule has 0 spiro atoms. The van der Waals surface area contributed by atoms with Crippen molar-refractivity contribution in [2.24, 2.45) is 0 Å². The van der Waals surface area contributed by atoms with Crippen LogP contribution < -0.4 is 5.32 Å². The zero-order chi connectivity index (χ0) is 21.8. The topological polar surface area (TPSA) is 93.3 Å². The van der Waals surface area contributed by atoms with E-state index in [4.69, 9.17) is 11.6 Å². The van der Waals surface area contributed by atoms with Crippen molar-refractivity contribution in [1.82, 2.24) is 20.0 Å². The summed E-state index contributed by atoms with van der Waals surface area (Å²) in [6.45, 7) is 2.53. The number of amides is 1. The van der Waals surface area contributed by atoms with E-state index in [9.17, 15) is 14.9 Å². The lowest BCUT2D eigenvalue weighted by atomic mass is 10.0. The Morgan fingerprint density at radius 1 is 1.32 bits per heavy atom. The molecule has 1 aromatic carbocycles. The second-order valence-electron chi connectivity index (χ2n) is 7.43. The molecule has 3 heterocycles. The predicted octanol–water partition coefficient (Wildman–Crippen LogP) is 3.81. The molecule has 162 valence electrons. The molecule has 31 heavy (non-hydrogen) atoms. The van der Waals surface area contributed by atoms with Gasteiger partial charge >= 0.3 is 5.69 Å². The van der Waals surface area contributed by atoms with E-state index < -0.39 is 4.92 Å². The zero-order valence-corrected chi connectivity index (χ0v) is 18.3. The normalized spacial score (nSPS) is 14.7. The fraction of sp³-hybridized carbons (Fsp3) is 0.333. The van der Waals surface area contributed by atoms with Crippen LogP contribution in [0, 0.1) is 10.1 Å². The third-order valence-electron chi connectivity index (χ3n) is 5.42. The molecule has 3 aromatic rings. The number of aryl methyl sites for hydroxylation is 1. The number of nitrogens with zero attached hydrogens (tertiary/aromatic N) is 4. The minimum absolute atomic E-state index is 0.0278. The lowest BCUT2D eigenvalue weighted by Gasteiger charge is -2.35. The summed E-state index contributed by atoms with van der Waals surface area (Å²) in [6, 6.07) is 9.95. The van der Waals surface area contributed by atoms with Gasteiger partial charge in [-0.2, -0.15) is 5.10 Å². The van der Waals surface area contributed by atoms with Gasteiger partial charge < -0.3 is 5.32 Å². The van der Waals surface area contributed by atoms with Crippen LogP contribution in [0.1, 0.15) is 28.5 Å². The van der Waals surface area contributed by atoms with Gasteiger partial charge in [0.05, 0.1) is 11.0 Å². The van der Waals surface area contributed by atoms with Gasteiger partial charge in [-0.05, 0) is 41.1 Å². The molecule has 0 saturated heterocycles. The Kier molecular flexibility index (Phi) is 6.64. The van der Waals surface area contributed by atoms with Crippen molar-refractivity contribution in [2.45, 2.75) is 32.0 Å². The van der Waals surface area contributed by atoms with Crippen LogP contribution in [0.15, 0.2) is 48.1 Å². The second-order valence-corrected chi connectivity index (χ2v) is 8.87. The Balaban J connectivity index is 1.39. The SMILES string of the molecule is O=C(CCn1cc([N+](=O)[O-])cn1)NCC(c1ccc(Cl)cc1)N1CCc2sccc2C1. The average molecular weight is 460 g/mol. The van der Waals surface area contributed by atoms with Crippen LogP contribution in [-0.2, 0) is 24.3 Å². The highest BCUT2D eigenvalue weighted by Gasteiger charge is 2.26. The number of thiophene rings is 1. The maximum absolute atomic E-state index is 12.5. The smallest absolute Gasteiger partial charge is 0.306 e. The first-order chi connectivity index (χ1) is 15.0. The molecule has 1 aliphatic rings. The molecule has 0 radical (unpaired) electrons. The quantitative estimate of drug-likeness (QED) is 0.408. The van der Waals surface area contributed by atoms with E-state index in [1.807, 2.05) is 24.3 Å². The maximum atomic E-state index is 12.5. The number of fused-ring (bicyclic) bond motifs is 1. The summed E-state index contributed by atoms with van der Waals surface area (Å²) in [5.41, 5.74) is 2.37. The van der Waals surface area contributed by atoms with Crippen molar-refractivity contribution in [2.75, 3.05) is 13.1 Å². The molecule has 0 saturated carbocycles. The van der Waals surface area contributed by atoms with Crippen molar-refractivity contribution in [3.63, 3.8) is 0 Å². The van der Waals surface area contributed by atoms with Gasteiger partial charge in [-0.3, -0.25) is 24.5 Å². The monoisotopic (exact) mass is 459 g/mol. The number of carbonyl (C=O) groups excluding carboxylic acids is 1. The van der Waals surface area contributed by atoms with Crippen LogP contribution in [0.5, 0.6) is 0 Å². The molecule has 1 aliphatic heterocycles. The molecule has 1 unspecified atom stereocenters. The largest absolute Gasteiger partial charge is 0.354 e. The lowest BCUT2D eigenvalue weighted by Crippen LogP contribution is -2.40. The van der Waals surface area contributed by atoms with Gasteiger partial charge in [0.25, 0.3) is 0 Å². The van der Waals surface area contributed by atoms with Crippen LogP contribution in [0.25, 0.3) is 0 Å². The number of halogens is 1. The standard InChI is InChI=1S/C21H22ClN5O3S/c22-17-3-1-15(2-4-17)19(25-8-5-20-16(13-25)7-10-31-20)12-23-21(28)6-9-26-14-18(11-24-26)27(29)30/h1-4,7,10-11,14,19H,5-6,8-9,12-13H2,(H,23,28). The molecule has 1 amide bonds. The predicted molar refractivity (Wildman–Crippen MR) is 119 cm³/mol. The van der Waals surface area contributed by atoms with E-state index in [-0.39, 0.29) is 30.6 Å². The summed E-state index contributed by atoms with van der Waals surface area (Å²) >= 11 is 7.87. The second kappa shape index (κ2) is 9.59. The first-order valence-corrected chi connectivity index (χ1v) is 11.2. The summed E-state index contributed by atoms with van der Waals surface area (Å²) in [6.07, 6.45) is 3.71. The molecule has 10 heteroatoms. The highest BCUT2D eigenvalue weighted by Crippen LogP contribution is 2.30. The minimum atomic E-state index is -0.502. The summed E-state index contributed by atoms with van der Waals surface area (Å²) in [4.78, 5) is 26.5. The number of carbonyl (C=O) groups is 1. The van der Waals surface area contributed by atoms with Crippen molar-refractivity contribution < 1.29 is 9.72 Å². The molecule has 1 N–H and O–H groups in total. The van der Waals surface area contributed by atoms with Gasteiger partial charge in [0, 0.05) is 42.5 Å². The Morgan fingerprint density at radius 3 is 2.87 bits per heavy atom. The summed E-state index contributed by atoms with van der Waals surface area (Å²) in [5, 5.41) is 20.5. The minimum Gasteiger partial charge on any atom is -0.354 e. The van der Waals surface area contributed by atoms with Crippen molar-refractivity contribution in [3.8, 4) is 0 Å². The lowest BCUT2D eigenvalue weighted by molar-refractivity contribution is -0.385. The Labute approximate surface area is 188 Å². The molecule has 0 bridgehead atoms. The van der Waals surface area contributed by atoms with Gasteiger partial charge in [-0.25, -0.2) is 0 Å². The van der Waals surface area contributed by atoms with Crippen LogP contribution in [0.2, 0.25) is 5.02 Å². The highest BCUT2D eigenvalue weighted by molar-refractivity contribution is 7.10. The molecule has 0 aliphatic carbocycles. The first-order valence-electron chi connectivity index (χ1n) is 9.98. The van der Waals surface area contributed by atoms with E-state index in [2.05, 4.69) is 26.8 Å². The number of nitro groups is 1. The number of benzene rings is 1. The summed E-state index contributed by atoms with van der Waals surface area (Å²) in [5.74, 6) is -0.120. The summed E-state index contributed by atoms with van der Waals surface area (Å²) in [7, 11) is 0. The van der Waals surface area contributed by atoms with E-state index in [0.29, 0.717) is 11.6 Å². The molecular formula is C21H22ClN5O3S. The Hall–Kier alpha value is -2.75. The summed E-state index contributed by atoms with van der Waals surface area (Å²) < 4.78 is 1.41. The van der Waals surface area contributed by atoms with Crippen molar-refractivity contribution in [1.29, 1.82) is 0 Å². The molecule has 4 rings (SSSR count). The van der Waals surface area contributed by atoms with E-state index in [0.717, 1.165) is 25.1 Å². The van der Waals surface area contributed by atoms with Crippen LogP contribution in [0.3, 0.4) is 0 Å². The van der Waals surface area contributed by atoms with Gasteiger partial charge in [0.1, 0.15) is 12.4 Å². The van der Waals surface area contributed by atoms with E-state index >= 15 is 0 Å². The number of hydrogen-bond donors (Lipinski definition) is 1. The zero-order valence-electron chi connectivity index (χ0n) is 16.7. The molecule has 8 nitrogen and oxygen atoms in total. The van der Waals surface area contributed by atoms with E-state index in [1.165, 1.54) is 27.5 Å². The number of rotatable bonds is 8. The molecule has 2 aromatic heterocycles. The number of aromatic nitrogens is 2. The van der Waals surface area contributed by atoms with Gasteiger partial charge in [0.2, 0.25) is 5.91 Å². The van der Waals surface area contributed by atoms with Crippen molar-refractivity contribution >= 4 is 34.5 Å². The maximum Gasteiger partial charge on any atom is 0.306 e.